The molecule has 2 amide bonds. The highest BCUT2D eigenvalue weighted by molar-refractivity contribution is 6.31. The van der Waals surface area contributed by atoms with Crippen LogP contribution in [0.1, 0.15) is 69.3 Å². The first-order valence-electron chi connectivity index (χ1n) is 16.7. The molecule has 0 aromatic heterocycles. The Balaban J connectivity index is 1.06. The van der Waals surface area contributed by atoms with Crippen molar-refractivity contribution in [2.45, 2.75) is 77.7 Å². The number of amides is 2. The number of carbonyl (C=O) groups excluding carboxylic acids is 2. The molecule has 2 aliphatic carbocycles. The molecule has 3 fully saturated rings. The first-order chi connectivity index (χ1) is 22.4. The normalized spacial score (nSPS) is 25.6. The van der Waals surface area contributed by atoms with Gasteiger partial charge in [-0.3, -0.25) is 19.4 Å². The van der Waals surface area contributed by atoms with Crippen molar-refractivity contribution in [3.05, 3.63) is 58.6 Å². The summed E-state index contributed by atoms with van der Waals surface area (Å²) < 4.78 is 18.2. The summed E-state index contributed by atoms with van der Waals surface area (Å²) in [5.41, 5.74) is 5.60. The number of ether oxygens (including phenoxy) is 3. The van der Waals surface area contributed by atoms with Crippen LogP contribution in [0.3, 0.4) is 0 Å². The van der Waals surface area contributed by atoms with E-state index in [1.807, 2.05) is 12.1 Å². The van der Waals surface area contributed by atoms with E-state index < -0.39 is 5.91 Å². The molecule has 2 aromatic carbocycles. The maximum atomic E-state index is 13.3. The first kappa shape index (κ1) is 35.0. The quantitative estimate of drug-likeness (QED) is 0.336. The minimum Gasteiger partial charge on any atom is -0.492 e. The summed E-state index contributed by atoms with van der Waals surface area (Å²) in [6.07, 6.45) is 4.31. The molecule has 2 saturated carbocycles. The van der Waals surface area contributed by atoms with Gasteiger partial charge in [0.05, 0.1) is 16.7 Å². The van der Waals surface area contributed by atoms with Gasteiger partial charge >= 0.3 is 0 Å². The van der Waals surface area contributed by atoms with Crippen LogP contribution in [0.25, 0.3) is 0 Å². The molecular formula is C36H48ClN5O5. The molecule has 0 unspecified atom stereocenters. The SMILES string of the molecule is CC1(C)[C@H](NC(=O)c2ccc(OCCN3CCN([C@@H]4CCCC[C@H]4OCC(N)=O)CC3)cc2)C(C)(C)[C@H]1Oc1ccc(C#N)c(Cl)c1. The maximum absolute atomic E-state index is 13.3. The van der Waals surface area contributed by atoms with E-state index >= 15 is 0 Å². The third-order valence-electron chi connectivity index (χ3n) is 10.2. The summed E-state index contributed by atoms with van der Waals surface area (Å²) in [7, 11) is 0. The molecule has 1 heterocycles. The van der Waals surface area contributed by atoms with E-state index in [0.29, 0.717) is 34.5 Å². The Morgan fingerprint density at radius 2 is 1.66 bits per heavy atom. The highest BCUT2D eigenvalue weighted by atomic mass is 35.5. The number of halogens is 1. The van der Waals surface area contributed by atoms with Crippen molar-refractivity contribution in [1.82, 2.24) is 15.1 Å². The summed E-state index contributed by atoms with van der Waals surface area (Å²) >= 11 is 6.22. The molecule has 0 spiro atoms. The highest BCUT2D eigenvalue weighted by Crippen LogP contribution is 2.55. The van der Waals surface area contributed by atoms with Crippen LogP contribution in [0.15, 0.2) is 42.5 Å². The second kappa shape index (κ2) is 14.8. The number of primary amides is 1. The average Bonchev–Trinajstić information content (AvgIpc) is 3.05. The second-order valence-corrected chi connectivity index (χ2v) is 14.6. The Kier molecular flexibility index (Phi) is 11.0. The van der Waals surface area contributed by atoms with E-state index in [2.05, 4.69) is 48.9 Å². The predicted molar refractivity (Wildman–Crippen MR) is 181 cm³/mol. The van der Waals surface area contributed by atoms with Gasteiger partial charge in [-0.25, -0.2) is 0 Å². The van der Waals surface area contributed by atoms with E-state index in [-0.39, 0.29) is 41.6 Å². The number of nitriles is 1. The average molecular weight is 666 g/mol. The van der Waals surface area contributed by atoms with Gasteiger partial charge in [0, 0.05) is 67.3 Å². The summed E-state index contributed by atoms with van der Waals surface area (Å²) in [6.45, 7) is 13.6. The molecule has 0 radical (unpaired) electrons. The number of hydrogen-bond acceptors (Lipinski definition) is 8. The van der Waals surface area contributed by atoms with Crippen molar-refractivity contribution in [2.75, 3.05) is 45.9 Å². The van der Waals surface area contributed by atoms with Crippen molar-refractivity contribution in [1.29, 1.82) is 5.26 Å². The number of hydrogen-bond donors (Lipinski definition) is 2. The summed E-state index contributed by atoms with van der Waals surface area (Å²) in [5, 5.41) is 12.8. The van der Waals surface area contributed by atoms with Crippen molar-refractivity contribution in [3.8, 4) is 17.6 Å². The summed E-state index contributed by atoms with van der Waals surface area (Å²) in [4.78, 5) is 29.4. The zero-order valence-corrected chi connectivity index (χ0v) is 28.7. The number of nitrogens with one attached hydrogen (secondary N) is 1. The third-order valence-corrected chi connectivity index (χ3v) is 10.5. The lowest BCUT2D eigenvalue weighted by Gasteiger charge is -2.63. The fraction of sp³-hybridized carbons (Fsp3) is 0.583. The Bertz CT molecular complexity index is 1430. The molecule has 1 aliphatic heterocycles. The van der Waals surface area contributed by atoms with Crippen molar-refractivity contribution < 1.29 is 23.8 Å². The summed E-state index contributed by atoms with van der Waals surface area (Å²) in [6, 6.07) is 14.7. The molecule has 47 heavy (non-hydrogen) atoms. The van der Waals surface area contributed by atoms with Crippen LogP contribution >= 0.6 is 11.6 Å². The fourth-order valence-electron chi connectivity index (χ4n) is 8.00. The molecule has 2 aromatic rings. The van der Waals surface area contributed by atoms with E-state index in [9.17, 15) is 9.59 Å². The minimum absolute atomic E-state index is 0.00473. The lowest BCUT2D eigenvalue weighted by Crippen LogP contribution is -2.74. The first-order valence-corrected chi connectivity index (χ1v) is 17.0. The lowest BCUT2D eigenvalue weighted by molar-refractivity contribution is -0.164. The van der Waals surface area contributed by atoms with E-state index in [4.69, 9.17) is 36.8 Å². The number of benzene rings is 2. The van der Waals surface area contributed by atoms with Gasteiger partial charge < -0.3 is 25.3 Å². The van der Waals surface area contributed by atoms with Gasteiger partial charge in [0.2, 0.25) is 5.91 Å². The molecule has 5 rings (SSSR count). The van der Waals surface area contributed by atoms with Gasteiger partial charge in [0.25, 0.3) is 5.91 Å². The van der Waals surface area contributed by atoms with Gasteiger partial charge in [-0.1, -0.05) is 52.1 Å². The smallest absolute Gasteiger partial charge is 0.251 e. The number of nitrogens with zero attached hydrogens (tertiary/aromatic N) is 3. The van der Waals surface area contributed by atoms with Gasteiger partial charge in [-0.05, 0) is 49.2 Å². The van der Waals surface area contributed by atoms with Gasteiger partial charge in [-0.2, -0.15) is 5.26 Å². The minimum atomic E-state index is -0.410. The molecular weight excluding hydrogens is 618 g/mol. The van der Waals surface area contributed by atoms with E-state index in [0.717, 1.165) is 57.7 Å². The maximum Gasteiger partial charge on any atom is 0.251 e. The van der Waals surface area contributed by atoms with Crippen LogP contribution in [0.2, 0.25) is 5.02 Å². The van der Waals surface area contributed by atoms with Crippen molar-refractivity contribution >= 4 is 23.4 Å². The molecule has 1 saturated heterocycles. The molecule has 11 heteroatoms. The lowest BCUT2D eigenvalue weighted by atomic mass is 9.49. The Morgan fingerprint density at radius 3 is 2.30 bits per heavy atom. The molecule has 3 N–H and O–H groups in total. The molecule has 254 valence electrons. The monoisotopic (exact) mass is 665 g/mol. The standard InChI is InChI=1S/C36H48ClN5O5/c1-35(2)33(36(3,4)34(35)47-27-14-11-25(22-38)28(37)21-27)40-32(44)24-9-12-26(13-10-24)45-20-19-41-15-17-42(18-16-41)29-7-5-6-8-30(29)46-23-31(39)43/h9-14,21,29-30,33-34H,5-8,15-20,23H2,1-4H3,(H2,39,43)(H,40,44)/t29-,30-,33-,34-/m1/s1. The topological polar surface area (TPSA) is 130 Å². The number of carbonyl (C=O) groups is 2. The molecule has 2 atom stereocenters. The van der Waals surface area contributed by atoms with Crippen molar-refractivity contribution in [3.63, 3.8) is 0 Å². The second-order valence-electron chi connectivity index (χ2n) is 14.2. The fourth-order valence-corrected chi connectivity index (χ4v) is 8.22. The Labute approximate surface area is 283 Å². The van der Waals surface area contributed by atoms with Crippen LogP contribution in [-0.4, -0.2) is 91.8 Å². The Hall–Kier alpha value is -3.36. The van der Waals surface area contributed by atoms with Crippen LogP contribution in [0.5, 0.6) is 11.5 Å². The summed E-state index contributed by atoms with van der Waals surface area (Å²) in [5.74, 6) is 0.785. The van der Waals surface area contributed by atoms with Gasteiger partial charge in [0.1, 0.15) is 36.9 Å². The van der Waals surface area contributed by atoms with Gasteiger partial charge in [-0.15, -0.1) is 0 Å². The van der Waals surface area contributed by atoms with Gasteiger partial charge in [0.15, 0.2) is 0 Å². The van der Waals surface area contributed by atoms with E-state index in [1.54, 1.807) is 30.3 Å². The molecule has 3 aliphatic rings. The number of nitrogens with two attached hydrogens (primary N) is 1. The zero-order valence-electron chi connectivity index (χ0n) is 28.0. The number of rotatable bonds is 12. The van der Waals surface area contributed by atoms with Crippen LogP contribution in [-0.2, 0) is 9.53 Å². The zero-order chi connectivity index (χ0) is 33.8. The number of piperazine rings is 1. The van der Waals surface area contributed by atoms with Crippen LogP contribution in [0.4, 0.5) is 0 Å². The van der Waals surface area contributed by atoms with Crippen molar-refractivity contribution in [2.24, 2.45) is 16.6 Å². The highest BCUT2D eigenvalue weighted by Gasteiger charge is 2.64. The van der Waals surface area contributed by atoms with Crippen LogP contribution < -0.4 is 20.5 Å². The van der Waals surface area contributed by atoms with E-state index in [1.165, 1.54) is 6.42 Å². The predicted octanol–water partition coefficient (Wildman–Crippen LogP) is 4.63. The molecule has 10 nitrogen and oxygen atoms in total. The Morgan fingerprint density at radius 1 is 1.00 bits per heavy atom. The largest absolute Gasteiger partial charge is 0.492 e. The third kappa shape index (κ3) is 8.03. The molecule has 0 bridgehead atoms. The van der Waals surface area contributed by atoms with Crippen LogP contribution in [0, 0.1) is 22.2 Å².